The van der Waals surface area contributed by atoms with Crippen LogP contribution in [0.1, 0.15) is 0 Å². The maximum atomic E-state index is 13.0. The lowest BCUT2D eigenvalue weighted by molar-refractivity contribution is 0.414. The van der Waals surface area contributed by atoms with Crippen LogP contribution in [0.15, 0.2) is 36.4 Å². The van der Waals surface area contributed by atoms with E-state index in [2.05, 4.69) is 6.07 Å². The van der Waals surface area contributed by atoms with Gasteiger partial charge in [0.25, 0.3) is 0 Å². The molecule has 2 aromatic carbocycles. The van der Waals surface area contributed by atoms with E-state index in [1.807, 2.05) is 12.1 Å². The van der Waals surface area contributed by atoms with Crippen molar-refractivity contribution in [2.24, 2.45) is 0 Å². The number of halogens is 2. The summed E-state index contributed by atoms with van der Waals surface area (Å²) in [4.78, 5) is 0. The van der Waals surface area contributed by atoms with Crippen molar-refractivity contribution in [1.29, 1.82) is 0 Å². The summed E-state index contributed by atoms with van der Waals surface area (Å²) < 4.78 is 18.1. The molecule has 0 N–H and O–H groups in total. The van der Waals surface area contributed by atoms with Gasteiger partial charge in [-0.1, -0.05) is 23.7 Å². The molecule has 0 bridgehead atoms. The molecular formula is C13H9ClFO. The SMILES string of the molecule is COc1[c]ccc(-c2ccc(F)c(Cl)c2)c1. The van der Waals surface area contributed by atoms with Gasteiger partial charge in [0.2, 0.25) is 0 Å². The van der Waals surface area contributed by atoms with E-state index in [1.165, 1.54) is 6.07 Å². The Morgan fingerprint density at radius 1 is 1.19 bits per heavy atom. The lowest BCUT2D eigenvalue weighted by atomic mass is 10.1. The van der Waals surface area contributed by atoms with Gasteiger partial charge in [-0.25, -0.2) is 4.39 Å². The predicted octanol–water partition coefficient (Wildman–Crippen LogP) is 3.95. The molecular weight excluding hydrogens is 227 g/mol. The van der Waals surface area contributed by atoms with Crippen molar-refractivity contribution < 1.29 is 9.13 Å². The number of rotatable bonds is 2. The number of hydrogen-bond donors (Lipinski definition) is 0. The lowest BCUT2D eigenvalue weighted by Gasteiger charge is -2.05. The van der Waals surface area contributed by atoms with Gasteiger partial charge < -0.3 is 4.74 Å². The van der Waals surface area contributed by atoms with Crippen LogP contribution in [-0.4, -0.2) is 7.11 Å². The highest BCUT2D eigenvalue weighted by Gasteiger charge is 2.03. The smallest absolute Gasteiger partial charge is 0.141 e. The second-order valence-electron chi connectivity index (χ2n) is 3.27. The third-order valence-corrected chi connectivity index (χ3v) is 2.54. The van der Waals surface area contributed by atoms with Gasteiger partial charge in [-0.2, -0.15) is 0 Å². The molecule has 2 aromatic rings. The monoisotopic (exact) mass is 235 g/mol. The van der Waals surface area contributed by atoms with Crippen molar-refractivity contribution in [2.45, 2.75) is 0 Å². The van der Waals surface area contributed by atoms with Crippen molar-refractivity contribution in [2.75, 3.05) is 7.11 Å². The molecule has 0 aliphatic rings. The maximum Gasteiger partial charge on any atom is 0.141 e. The van der Waals surface area contributed by atoms with Crippen molar-refractivity contribution in [3.63, 3.8) is 0 Å². The third kappa shape index (κ3) is 2.17. The van der Waals surface area contributed by atoms with Gasteiger partial charge >= 0.3 is 0 Å². The van der Waals surface area contributed by atoms with Crippen LogP contribution in [0.3, 0.4) is 0 Å². The Labute approximate surface area is 98.4 Å². The Bertz CT molecular complexity index is 511. The molecule has 2 rings (SSSR count). The fourth-order valence-corrected chi connectivity index (χ4v) is 1.60. The van der Waals surface area contributed by atoms with Crippen LogP contribution in [0.25, 0.3) is 11.1 Å². The lowest BCUT2D eigenvalue weighted by Crippen LogP contribution is -1.85. The number of ether oxygens (including phenoxy) is 1. The quantitative estimate of drug-likeness (QED) is 0.766. The molecule has 1 nitrogen and oxygen atoms in total. The van der Waals surface area contributed by atoms with Crippen molar-refractivity contribution in [3.8, 4) is 16.9 Å². The van der Waals surface area contributed by atoms with Crippen LogP contribution in [0.5, 0.6) is 5.75 Å². The maximum absolute atomic E-state index is 13.0. The highest BCUT2D eigenvalue weighted by molar-refractivity contribution is 6.31. The highest BCUT2D eigenvalue weighted by Crippen LogP contribution is 2.27. The summed E-state index contributed by atoms with van der Waals surface area (Å²) in [7, 11) is 1.58. The molecule has 0 heterocycles. The first kappa shape index (κ1) is 11.0. The molecule has 81 valence electrons. The summed E-state index contributed by atoms with van der Waals surface area (Å²) in [6, 6.07) is 13.0. The Balaban J connectivity index is 2.46. The van der Waals surface area contributed by atoms with Crippen LogP contribution in [-0.2, 0) is 0 Å². The largest absolute Gasteiger partial charge is 0.496 e. The van der Waals surface area contributed by atoms with E-state index in [1.54, 1.807) is 25.3 Å². The molecule has 16 heavy (non-hydrogen) atoms. The molecule has 0 fully saturated rings. The zero-order valence-electron chi connectivity index (χ0n) is 8.63. The van der Waals surface area contributed by atoms with Crippen LogP contribution >= 0.6 is 11.6 Å². The van der Waals surface area contributed by atoms with Gasteiger partial charge in [-0.05, 0) is 35.4 Å². The normalized spacial score (nSPS) is 10.2. The summed E-state index contributed by atoms with van der Waals surface area (Å²) in [5, 5.41) is 0.115. The van der Waals surface area contributed by atoms with E-state index < -0.39 is 5.82 Å². The van der Waals surface area contributed by atoms with Crippen LogP contribution in [0.2, 0.25) is 5.02 Å². The first-order valence-electron chi connectivity index (χ1n) is 4.72. The van der Waals surface area contributed by atoms with Gasteiger partial charge in [0.05, 0.1) is 12.1 Å². The summed E-state index contributed by atoms with van der Waals surface area (Å²) in [6.45, 7) is 0. The standard InChI is InChI=1S/C13H9ClFO/c1-16-11-4-2-3-9(7-11)10-5-6-13(15)12(14)8-10/h2-3,5-8H,1H3. The first-order valence-corrected chi connectivity index (χ1v) is 5.09. The van der Waals surface area contributed by atoms with E-state index in [4.69, 9.17) is 16.3 Å². The second kappa shape index (κ2) is 4.54. The van der Waals surface area contributed by atoms with Crippen LogP contribution in [0.4, 0.5) is 4.39 Å². The fourth-order valence-electron chi connectivity index (χ4n) is 1.42. The Morgan fingerprint density at radius 2 is 1.94 bits per heavy atom. The average molecular weight is 236 g/mol. The van der Waals surface area contributed by atoms with Crippen molar-refractivity contribution >= 4 is 11.6 Å². The zero-order valence-corrected chi connectivity index (χ0v) is 9.38. The number of methoxy groups -OCH3 is 1. The first-order chi connectivity index (χ1) is 7.70. The van der Waals surface area contributed by atoms with Gasteiger partial charge in [0.1, 0.15) is 11.6 Å². The fraction of sp³-hybridized carbons (Fsp3) is 0.0769. The molecule has 0 aliphatic heterocycles. The molecule has 0 unspecified atom stereocenters. The molecule has 0 saturated carbocycles. The Hall–Kier alpha value is -1.54. The summed E-state index contributed by atoms with van der Waals surface area (Å²) in [5.74, 6) is 0.220. The Kier molecular flexibility index (Phi) is 3.11. The molecule has 0 amide bonds. The summed E-state index contributed by atoms with van der Waals surface area (Å²) >= 11 is 5.72. The summed E-state index contributed by atoms with van der Waals surface area (Å²) in [6.07, 6.45) is 0. The van der Waals surface area contributed by atoms with E-state index in [0.29, 0.717) is 5.75 Å². The van der Waals surface area contributed by atoms with E-state index in [-0.39, 0.29) is 5.02 Å². The Morgan fingerprint density at radius 3 is 2.62 bits per heavy atom. The minimum atomic E-state index is -0.417. The molecule has 0 spiro atoms. The summed E-state index contributed by atoms with van der Waals surface area (Å²) in [5.41, 5.74) is 1.76. The van der Waals surface area contributed by atoms with E-state index in [0.717, 1.165) is 11.1 Å². The predicted molar refractivity (Wildman–Crippen MR) is 62.2 cm³/mol. The van der Waals surface area contributed by atoms with Gasteiger partial charge in [-0.3, -0.25) is 0 Å². The van der Waals surface area contributed by atoms with E-state index >= 15 is 0 Å². The number of hydrogen-bond acceptors (Lipinski definition) is 1. The molecule has 3 heteroatoms. The second-order valence-corrected chi connectivity index (χ2v) is 3.68. The van der Waals surface area contributed by atoms with Gasteiger partial charge in [0.15, 0.2) is 0 Å². The van der Waals surface area contributed by atoms with Gasteiger partial charge in [-0.15, -0.1) is 0 Å². The van der Waals surface area contributed by atoms with Crippen LogP contribution < -0.4 is 4.74 Å². The topological polar surface area (TPSA) is 9.23 Å². The minimum absolute atomic E-state index is 0.115. The third-order valence-electron chi connectivity index (χ3n) is 2.25. The molecule has 0 atom stereocenters. The molecule has 0 aromatic heterocycles. The average Bonchev–Trinajstić information content (AvgIpc) is 2.33. The molecule has 0 aliphatic carbocycles. The number of benzene rings is 2. The van der Waals surface area contributed by atoms with Gasteiger partial charge in [0, 0.05) is 6.07 Å². The molecule has 0 saturated heterocycles. The van der Waals surface area contributed by atoms with Crippen molar-refractivity contribution in [3.05, 3.63) is 53.3 Å². The van der Waals surface area contributed by atoms with E-state index in [9.17, 15) is 4.39 Å². The van der Waals surface area contributed by atoms with Crippen molar-refractivity contribution in [1.82, 2.24) is 0 Å². The zero-order chi connectivity index (χ0) is 11.5. The highest BCUT2D eigenvalue weighted by atomic mass is 35.5. The van der Waals surface area contributed by atoms with Crippen LogP contribution in [0, 0.1) is 11.9 Å². The molecule has 1 radical (unpaired) electrons. The minimum Gasteiger partial charge on any atom is -0.496 e.